The standard InChI is InChI=1S/C17H23BrO/c1-10-11(2)19-12(3)16(10)17(18)15-8-7-13-5-4-6-14(13)9-15/h7-12,16-17H,4-6H2,1-3H3. The molecule has 19 heavy (non-hydrogen) atoms. The Morgan fingerprint density at radius 3 is 2.53 bits per heavy atom. The minimum absolute atomic E-state index is 0.336. The van der Waals surface area contributed by atoms with E-state index in [4.69, 9.17) is 4.74 Å². The molecule has 1 heterocycles. The Morgan fingerprint density at radius 2 is 1.84 bits per heavy atom. The fourth-order valence-corrected chi connectivity index (χ4v) is 4.98. The lowest BCUT2D eigenvalue weighted by Crippen LogP contribution is -2.22. The zero-order valence-corrected chi connectivity index (χ0v) is 13.6. The molecule has 5 unspecified atom stereocenters. The van der Waals surface area contributed by atoms with Gasteiger partial charge in [-0.2, -0.15) is 0 Å². The summed E-state index contributed by atoms with van der Waals surface area (Å²) < 4.78 is 5.99. The molecule has 1 aromatic rings. The highest BCUT2D eigenvalue weighted by molar-refractivity contribution is 9.09. The van der Waals surface area contributed by atoms with Crippen molar-refractivity contribution in [2.75, 3.05) is 0 Å². The van der Waals surface area contributed by atoms with E-state index in [-0.39, 0.29) is 0 Å². The second kappa shape index (κ2) is 5.21. The van der Waals surface area contributed by atoms with Gasteiger partial charge in [-0.25, -0.2) is 0 Å². The summed E-state index contributed by atoms with van der Waals surface area (Å²) in [6.07, 6.45) is 4.55. The summed E-state index contributed by atoms with van der Waals surface area (Å²) in [7, 11) is 0. The average molecular weight is 323 g/mol. The first-order chi connectivity index (χ1) is 9.08. The summed E-state index contributed by atoms with van der Waals surface area (Å²) in [6.45, 7) is 6.73. The van der Waals surface area contributed by atoms with Crippen molar-refractivity contribution in [3.63, 3.8) is 0 Å². The maximum atomic E-state index is 5.99. The van der Waals surface area contributed by atoms with Crippen molar-refractivity contribution in [2.45, 2.75) is 57.1 Å². The minimum Gasteiger partial charge on any atom is -0.375 e. The quantitative estimate of drug-likeness (QED) is 0.719. The number of rotatable bonds is 2. The molecule has 2 aliphatic rings. The van der Waals surface area contributed by atoms with Gasteiger partial charge in [-0.05, 0) is 55.7 Å². The minimum atomic E-state index is 0.336. The second-order valence-corrected chi connectivity index (χ2v) is 7.25. The molecule has 1 saturated heterocycles. The van der Waals surface area contributed by atoms with Crippen molar-refractivity contribution < 1.29 is 4.74 Å². The number of aryl methyl sites for hydroxylation is 2. The maximum Gasteiger partial charge on any atom is 0.0596 e. The van der Waals surface area contributed by atoms with Crippen molar-refractivity contribution in [3.8, 4) is 0 Å². The third-order valence-electron chi connectivity index (χ3n) is 5.10. The average Bonchev–Trinajstić information content (AvgIpc) is 2.94. The lowest BCUT2D eigenvalue weighted by Gasteiger charge is -2.25. The molecule has 0 N–H and O–H groups in total. The smallest absolute Gasteiger partial charge is 0.0596 e. The van der Waals surface area contributed by atoms with Gasteiger partial charge >= 0.3 is 0 Å². The normalized spacial score (nSPS) is 35.4. The van der Waals surface area contributed by atoms with Crippen molar-refractivity contribution in [3.05, 3.63) is 34.9 Å². The molecule has 2 heteroatoms. The third kappa shape index (κ3) is 2.38. The summed E-state index contributed by atoms with van der Waals surface area (Å²) in [6, 6.07) is 7.07. The third-order valence-corrected chi connectivity index (χ3v) is 6.24. The monoisotopic (exact) mass is 322 g/mol. The number of hydrogen-bond donors (Lipinski definition) is 0. The number of ether oxygens (including phenoxy) is 1. The first-order valence-corrected chi connectivity index (χ1v) is 8.40. The fraction of sp³-hybridized carbons (Fsp3) is 0.647. The van der Waals surface area contributed by atoms with Gasteiger partial charge in [0.05, 0.1) is 12.2 Å². The van der Waals surface area contributed by atoms with E-state index in [0.717, 1.165) is 0 Å². The molecular formula is C17H23BrO. The predicted molar refractivity (Wildman–Crippen MR) is 82.8 cm³/mol. The van der Waals surface area contributed by atoms with E-state index in [1.165, 1.54) is 24.8 Å². The molecule has 0 spiro atoms. The topological polar surface area (TPSA) is 9.23 Å². The van der Waals surface area contributed by atoms with E-state index in [1.54, 1.807) is 11.1 Å². The van der Waals surface area contributed by atoms with Gasteiger partial charge in [-0.15, -0.1) is 0 Å². The van der Waals surface area contributed by atoms with Crippen molar-refractivity contribution in [1.29, 1.82) is 0 Å². The van der Waals surface area contributed by atoms with Crippen LogP contribution < -0.4 is 0 Å². The van der Waals surface area contributed by atoms with Crippen LogP contribution in [0.15, 0.2) is 18.2 Å². The molecule has 1 aromatic carbocycles. The van der Waals surface area contributed by atoms with Crippen LogP contribution in [0, 0.1) is 11.8 Å². The predicted octanol–water partition coefficient (Wildman–Crippen LogP) is 4.67. The number of benzene rings is 1. The number of halogens is 1. The van der Waals surface area contributed by atoms with Gasteiger partial charge in [0.15, 0.2) is 0 Å². The lowest BCUT2D eigenvalue weighted by molar-refractivity contribution is 0.0511. The van der Waals surface area contributed by atoms with Gasteiger partial charge < -0.3 is 4.74 Å². The van der Waals surface area contributed by atoms with Gasteiger partial charge in [-0.1, -0.05) is 41.1 Å². The Bertz CT molecular complexity index is 470. The van der Waals surface area contributed by atoms with Crippen molar-refractivity contribution in [2.24, 2.45) is 11.8 Å². The summed E-state index contributed by atoms with van der Waals surface area (Å²) in [5.74, 6) is 1.17. The SMILES string of the molecule is CC1OC(C)C(C(Br)c2ccc3c(c2)CCC3)C1C. The van der Waals surface area contributed by atoms with E-state index in [9.17, 15) is 0 Å². The Balaban J connectivity index is 1.85. The van der Waals surface area contributed by atoms with E-state index in [1.807, 2.05) is 0 Å². The van der Waals surface area contributed by atoms with Crippen LogP contribution in [0.3, 0.4) is 0 Å². The fourth-order valence-electron chi connectivity index (χ4n) is 3.78. The summed E-state index contributed by atoms with van der Waals surface area (Å²) in [5, 5.41) is 0. The Labute approximate surface area is 124 Å². The van der Waals surface area contributed by atoms with Crippen molar-refractivity contribution >= 4 is 15.9 Å². The van der Waals surface area contributed by atoms with Crippen LogP contribution in [0.1, 0.15) is 48.7 Å². The Morgan fingerprint density at radius 1 is 1.11 bits per heavy atom. The van der Waals surface area contributed by atoms with Crippen LogP contribution in [-0.2, 0) is 17.6 Å². The molecule has 1 nitrogen and oxygen atoms in total. The van der Waals surface area contributed by atoms with Crippen LogP contribution in [0.2, 0.25) is 0 Å². The number of alkyl halides is 1. The van der Waals surface area contributed by atoms with Gasteiger partial charge in [0.25, 0.3) is 0 Å². The Hall–Kier alpha value is -0.340. The first-order valence-electron chi connectivity index (χ1n) is 7.49. The van der Waals surface area contributed by atoms with Crippen LogP contribution in [-0.4, -0.2) is 12.2 Å². The lowest BCUT2D eigenvalue weighted by atomic mass is 9.84. The van der Waals surface area contributed by atoms with Crippen LogP contribution in [0.25, 0.3) is 0 Å². The highest BCUT2D eigenvalue weighted by atomic mass is 79.9. The highest BCUT2D eigenvalue weighted by Gasteiger charge is 2.41. The van der Waals surface area contributed by atoms with Gasteiger partial charge in [0.2, 0.25) is 0 Å². The van der Waals surface area contributed by atoms with Gasteiger partial charge in [-0.3, -0.25) is 0 Å². The number of hydrogen-bond acceptors (Lipinski definition) is 1. The molecule has 0 saturated carbocycles. The molecule has 5 atom stereocenters. The highest BCUT2D eigenvalue weighted by Crippen LogP contribution is 2.45. The molecular weight excluding hydrogens is 300 g/mol. The molecule has 0 bridgehead atoms. The Kier molecular flexibility index (Phi) is 3.74. The zero-order chi connectivity index (χ0) is 13.6. The molecule has 3 rings (SSSR count). The molecule has 0 aromatic heterocycles. The van der Waals surface area contributed by atoms with Gasteiger partial charge in [0, 0.05) is 10.7 Å². The van der Waals surface area contributed by atoms with E-state index >= 15 is 0 Å². The molecule has 104 valence electrons. The maximum absolute atomic E-state index is 5.99. The van der Waals surface area contributed by atoms with Gasteiger partial charge in [0.1, 0.15) is 0 Å². The largest absolute Gasteiger partial charge is 0.375 e. The van der Waals surface area contributed by atoms with Crippen LogP contribution in [0.5, 0.6) is 0 Å². The zero-order valence-electron chi connectivity index (χ0n) is 12.0. The van der Waals surface area contributed by atoms with Crippen LogP contribution in [0.4, 0.5) is 0 Å². The van der Waals surface area contributed by atoms with E-state index < -0.39 is 0 Å². The number of fused-ring (bicyclic) bond motifs is 1. The van der Waals surface area contributed by atoms with Crippen molar-refractivity contribution in [1.82, 2.24) is 0 Å². The molecule has 1 fully saturated rings. The van der Waals surface area contributed by atoms with Crippen LogP contribution >= 0.6 is 15.9 Å². The molecule has 1 aliphatic carbocycles. The van der Waals surface area contributed by atoms with E-state index in [0.29, 0.717) is 28.9 Å². The molecule has 0 amide bonds. The summed E-state index contributed by atoms with van der Waals surface area (Å²) in [4.78, 5) is 0.411. The molecule has 1 aliphatic heterocycles. The first kappa shape index (κ1) is 13.6. The summed E-state index contributed by atoms with van der Waals surface area (Å²) in [5.41, 5.74) is 4.55. The summed E-state index contributed by atoms with van der Waals surface area (Å²) >= 11 is 3.95. The second-order valence-electron chi connectivity index (χ2n) is 6.27. The molecule has 0 radical (unpaired) electrons. The van der Waals surface area contributed by atoms with E-state index in [2.05, 4.69) is 54.9 Å².